The highest BCUT2D eigenvalue weighted by molar-refractivity contribution is 7.80. The number of amides is 3. The molecule has 0 fully saturated rings. The highest BCUT2D eigenvalue weighted by Gasteiger charge is 2.31. The Bertz CT molecular complexity index is 846. The van der Waals surface area contributed by atoms with Gasteiger partial charge in [0.1, 0.15) is 23.9 Å². The summed E-state index contributed by atoms with van der Waals surface area (Å²) in [6.07, 6.45) is 0.504. The Morgan fingerprint density at radius 2 is 1.44 bits per heavy atom. The van der Waals surface area contributed by atoms with Crippen LogP contribution in [0.4, 0.5) is 0 Å². The molecule has 0 bridgehead atoms. The topological polar surface area (TPSA) is 171 Å². The highest BCUT2D eigenvalue weighted by Crippen LogP contribution is 2.12. The summed E-state index contributed by atoms with van der Waals surface area (Å²) in [6, 6.07) is 2.00. The molecule has 0 aliphatic rings. The standard InChI is InChI=1S/C23H36N4O6S/c1-12(2)9-16(24)20(29)25-17(10-14-5-7-15(28)8-6-14)21(30)26-18(11-34)22(31)27-19(13(3)4)23(32)33/h5-8,12-13,16-19,28,34H,9-11,24H2,1-4H3,(H,25,29)(H,26,30)(H,27,31)(H,32,33). The summed E-state index contributed by atoms with van der Waals surface area (Å²) in [6.45, 7) is 7.14. The summed E-state index contributed by atoms with van der Waals surface area (Å²) in [5.41, 5.74) is 6.62. The van der Waals surface area contributed by atoms with Crippen molar-refractivity contribution in [1.29, 1.82) is 0 Å². The summed E-state index contributed by atoms with van der Waals surface area (Å²) in [7, 11) is 0. The first-order valence-corrected chi connectivity index (χ1v) is 11.8. The smallest absolute Gasteiger partial charge is 0.326 e. The number of carbonyl (C=O) groups excluding carboxylic acids is 3. The molecule has 0 radical (unpaired) electrons. The molecule has 3 amide bonds. The molecule has 11 heteroatoms. The van der Waals surface area contributed by atoms with Gasteiger partial charge >= 0.3 is 5.97 Å². The van der Waals surface area contributed by atoms with Gasteiger partial charge in [0.05, 0.1) is 6.04 Å². The molecule has 34 heavy (non-hydrogen) atoms. The minimum absolute atomic E-state index is 0.0534. The molecule has 0 heterocycles. The van der Waals surface area contributed by atoms with Gasteiger partial charge in [-0.1, -0.05) is 39.8 Å². The summed E-state index contributed by atoms with van der Waals surface area (Å²) in [4.78, 5) is 49.7. The zero-order chi connectivity index (χ0) is 26.0. The second kappa shape index (κ2) is 13.8. The first kappa shape index (κ1) is 29.2. The highest BCUT2D eigenvalue weighted by atomic mass is 32.1. The number of nitrogens with one attached hydrogen (secondary N) is 3. The lowest BCUT2D eigenvalue weighted by Gasteiger charge is -2.25. The number of hydrogen-bond donors (Lipinski definition) is 7. The summed E-state index contributed by atoms with van der Waals surface area (Å²) >= 11 is 4.12. The van der Waals surface area contributed by atoms with Crippen LogP contribution in [0.15, 0.2) is 24.3 Å². The fraction of sp³-hybridized carbons (Fsp3) is 0.565. The third-order valence-corrected chi connectivity index (χ3v) is 5.48. The van der Waals surface area contributed by atoms with Gasteiger partial charge in [-0.25, -0.2) is 4.79 Å². The number of carboxylic acid groups (broad SMARTS) is 1. The van der Waals surface area contributed by atoms with Crippen molar-refractivity contribution < 1.29 is 29.4 Å². The molecular weight excluding hydrogens is 460 g/mol. The molecule has 0 saturated heterocycles. The van der Waals surface area contributed by atoms with E-state index in [0.717, 1.165) is 0 Å². The lowest BCUT2D eigenvalue weighted by molar-refractivity contribution is -0.143. The van der Waals surface area contributed by atoms with Crippen LogP contribution in [0.5, 0.6) is 5.75 Å². The molecule has 1 rings (SSSR count). The van der Waals surface area contributed by atoms with Gasteiger partial charge in [0, 0.05) is 12.2 Å². The summed E-state index contributed by atoms with van der Waals surface area (Å²) < 4.78 is 0. The molecule has 10 nitrogen and oxygen atoms in total. The molecule has 190 valence electrons. The van der Waals surface area contributed by atoms with Gasteiger partial charge in [0.2, 0.25) is 17.7 Å². The quantitative estimate of drug-likeness (QED) is 0.194. The van der Waals surface area contributed by atoms with E-state index in [1.807, 2.05) is 13.8 Å². The van der Waals surface area contributed by atoms with Gasteiger partial charge in [0.25, 0.3) is 0 Å². The molecule has 0 spiro atoms. The number of phenols is 1. The number of thiol groups is 1. The maximum Gasteiger partial charge on any atom is 0.326 e. The first-order valence-electron chi connectivity index (χ1n) is 11.1. The van der Waals surface area contributed by atoms with E-state index in [9.17, 15) is 29.4 Å². The maximum atomic E-state index is 13.1. The molecule has 1 aromatic carbocycles. The number of aliphatic carboxylic acids is 1. The van der Waals surface area contributed by atoms with Crippen molar-refractivity contribution in [2.45, 2.75) is 64.7 Å². The van der Waals surface area contributed by atoms with Crippen LogP contribution in [0.1, 0.15) is 39.7 Å². The lowest BCUT2D eigenvalue weighted by atomic mass is 10.0. The number of benzene rings is 1. The van der Waals surface area contributed by atoms with Crippen molar-refractivity contribution in [2.24, 2.45) is 17.6 Å². The number of carbonyl (C=O) groups is 4. The van der Waals surface area contributed by atoms with Crippen molar-refractivity contribution >= 4 is 36.3 Å². The van der Waals surface area contributed by atoms with E-state index >= 15 is 0 Å². The van der Waals surface area contributed by atoms with E-state index < -0.39 is 47.9 Å². The summed E-state index contributed by atoms with van der Waals surface area (Å²) in [5, 5.41) is 26.4. The molecule has 1 aromatic rings. The second-order valence-electron chi connectivity index (χ2n) is 8.98. The van der Waals surface area contributed by atoms with Crippen LogP contribution in [0.2, 0.25) is 0 Å². The molecule has 0 aliphatic carbocycles. The fourth-order valence-electron chi connectivity index (χ4n) is 3.20. The predicted octanol–water partition coefficient (Wildman–Crippen LogP) is 0.433. The average molecular weight is 497 g/mol. The minimum atomic E-state index is -1.19. The second-order valence-corrected chi connectivity index (χ2v) is 9.35. The number of phenolic OH excluding ortho intramolecular Hbond substituents is 1. The van der Waals surface area contributed by atoms with Crippen molar-refractivity contribution in [3.05, 3.63) is 29.8 Å². The van der Waals surface area contributed by atoms with Crippen LogP contribution in [-0.2, 0) is 25.6 Å². The van der Waals surface area contributed by atoms with E-state index in [-0.39, 0.29) is 29.8 Å². The van der Waals surface area contributed by atoms with Crippen molar-refractivity contribution in [3.8, 4) is 5.75 Å². The number of nitrogens with two attached hydrogens (primary N) is 1. The van der Waals surface area contributed by atoms with Crippen LogP contribution in [0.25, 0.3) is 0 Å². The third-order valence-electron chi connectivity index (χ3n) is 5.12. The fourth-order valence-corrected chi connectivity index (χ4v) is 3.46. The maximum absolute atomic E-state index is 13.1. The minimum Gasteiger partial charge on any atom is -0.508 e. The summed E-state index contributed by atoms with van der Waals surface area (Å²) in [5.74, 6) is -3.28. The van der Waals surface area contributed by atoms with Gasteiger partial charge in [-0.3, -0.25) is 14.4 Å². The van der Waals surface area contributed by atoms with E-state index in [0.29, 0.717) is 12.0 Å². The molecule has 7 N–H and O–H groups in total. The lowest BCUT2D eigenvalue weighted by Crippen LogP contribution is -2.58. The number of aromatic hydroxyl groups is 1. The van der Waals surface area contributed by atoms with E-state index in [1.54, 1.807) is 26.0 Å². The molecular formula is C23H36N4O6S. The van der Waals surface area contributed by atoms with Gasteiger partial charge in [-0.05, 0) is 36.0 Å². The number of hydrogen-bond acceptors (Lipinski definition) is 7. The van der Waals surface area contributed by atoms with E-state index in [1.165, 1.54) is 12.1 Å². The van der Waals surface area contributed by atoms with Crippen molar-refractivity contribution in [3.63, 3.8) is 0 Å². The Morgan fingerprint density at radius 1 is 0.912 bits per heavy atom. The molecule has 0 aliphatic heterocycles. The zero-order valence-electron chi connectivity index (χ0n) is 19.9. The number of carboxylic acids is 1. The van der Waals surface area contributed by atoms with Gasteiger partial charge in [0.15, 0.2) is 0 Å². The van der Waals surface area contributed by atoms with E-state index in [4.69, 9.17) is 5.73 Å². The van der Waals surface area contributed by atoms with Crippen LogP contribution < -0.4 is 21.7 Å². The van der Waals surface area contributed by atoms with Gasteiger partial charge < -0.3 is 31.9 Å². The molecule has 4 unspecified atom stereocenters. The largest absolute Gasteiger partial charge is 0.508 e. The van der Waals surface area contributed by atoms with Crippen LogP contribution in [0, 0.1) is 11.8 Å². The van der Waals surface area contributed by atoms with Gasteiger partial charge in [-0.2, -0.15) is 12.6 Å². The molecule has 4 atom stereocenters. The predicted molar refractivity (Wildman–Crippen MR) is 131 cm³/mol. The van der Waals surface area contributed by atoms with E-state index in [2.05, 4.69) is 28.6 Å². The Morgan fingerprint density at radius 3 is 1.91 bits per heavy atom. The van der Waals surface area contributed by atoms with Crippen molar-refractivity contribution in [1.82, 2.24) is 16.0 Å². The van der Waals surface area contributed by atoms with Crippen LogP contribution >= 0.6 is 12.6 Å². The molecule has 0 aromatic heterocycles. The Labute approximate surface area is 205 Å². The monoisotopic (exact) mass is 496 g/mol. The first-order chi connectivity index (χ1) is 15.8. The SMILES string of the molecule is CC(C)CC(N)C(=O)NC(Cc1ccc(O)cc1)C(=O)NC(CS)C(=O)NC(C(=O)O)C(C)C. The zero-order valence-corrected chi connectivity index (χ0v) is 20.8. The van der Waals surface area contributed by atoms with Crippen LogP contribution in [-0.4, -0.2) is 63.8 Å². The average Bonchev–Trinajstić information content (AvgIpc) is 2.75. The third kappa shape index (κ3) is 9.60. The Hall–Kier alpha value is -2.79. The van der Waals surface area contributed by atoms with Gasteiger partial charge in [-0.15, -0.1) is 0 Å². The van der Waals surface area contributed by atoms with Crippen LogP contribution in [0.3, 0.4) is 0 Å². The molecule has 0 saturated carbocycles. The number of rotatable bonds is 13. The normalized spacial score (nSPS) is 14.7. The van der Waals surface area contributed by atoms with Crippen molar-refractivity contribution in [2.75, 3.05) is 5.75 Å². The Balaban J connectivity index is 3.02. The Kier molecular flexibility index (Phi) is 11.9.